The van der Waals surface area contributed by atoms with Crippen molar-refractivity contribution >= 4 is 23.1 Å². The van der Waals surface area contributed by atoms with Crippen LogP contribution in [0.1, 0.15) is 16.8 Å². The van der Waals surface area contributed by atoms with Crippen LogP contribution in [0, 0.1) is 6.92 Å². The Hall–Kier alpha value is -4.10. The van der Waals surface area contributed by atoms with E-state index in [1.807, 2.05) is 58.6 Å². The van der Waals surface area contributed by atoms with Gasteiger partial charge in [0.25, 0.3) is 0 Å². The van der Waals surface area contributed by atoms with Gasteiger partial charge >= 0.3 is 0 Å². The molecule has 34 heavy (non-hydrogen) atoms. The summed E-state index contributed by atoms with van der Waals surface area (Å²) in [6.45, 7) is 2.62. The maximum absolute atomic E-state index is 12.9. The molecule has 7 heteroatoms. The summed E-state index contributed by atoms with van der Waals surface area (Å²) >= 11 is 1.51. The molecule has 168 valence electrons. The van der Waals surface area contributed by atoms with Gasteiger partial charge in [0.15, 0.2) is 0 Å². The fraction of sp³-hybridized carbons (Fsp3) is 0.111. The van der Waals surface area contributed by atoms with Crippen molar-refractivity contribution in [2.45, 2.75) is 19.9 Å². The zero-order valence-corrected chi connectivity index (χ0v) is 19.5. The number of rotatable bonds is 7. The highest BCUT2D eigenvalue weighted by molar-refractivity contribution is 7.13. The van der Waals surface area contributed by atoms with Crippen LogP contribution in [0.15, 0.2) is 90.6 Å². The van der Waals surface area contributed by atoms with E-state index in [0.717, 1.165) is 38.6 Å². The van der Waals surface area contributed by atoms with Gasteiger partial charge in [-0.25, -0.2) is 9.67 Å². The molecule has 5 aromatic rings. The van der Waals surface area contributed by atoms with Gasteiger partial charge < -0.3 is 5.32 Å². The molecule has 3 aromatic heterocycles. The first-order valence-electron chi connectivity index (χ1n) is 11.0. The number of benzene rings is 2. The summed E-state index contributed by atoms with van der Waals surface area (Å²) in [6.07, 6.45) is 3.69. The first-order chi connectivity index (χ1) is 16.6. The van der Waals surface area contributed by atoms with E-state index in [-0.39, 0.29) is 12.3 Å². The van der Waals surface area contributed by atoms with Crippen molar-refractivity contribution in [1.82, 2.24) is 19.7 Å². The van der Waals surface area contributed by atoms with Crippen molar-refractivity contribution in [3.05, 3.63) is 107 Å². The van der Waals surface area contributed by atoms with E-state index >= 15 is 0 Å². The second-order valence-electron chi connectivity index (χ2n) is 8.04. The molecule has 0 atom stereocenters. The number of thiazole rings is 1. The lowest BCUT2D eigenvalue weighted by Gasteiger charge is -2.08. The van der Waals surface area contributed by atoms with Gasteiger partial charge in [-0.15, -0.1) is 11.3 Å². The Morgan fingerprint density at radius 1 is 1.00 bits per heavy atom. The van der Waals surface area contributed by atoms with Crippen LogP contribution >= 0.6 is 11.3 Å². The number of hydrogen-bond donors (Lipinski definition) is 1. The summed E-state index contributed by atoms with van der Waals surface area (Å²) in [5.41, 5.74) is 5.79. The minimum absolute atomic E-state index is 0.131. The Morgan fingerprint density at radius 3 is 2.65 bits per heavy atom. The molecular formula is C27H23N5OS. The minimum Gasteiger partial charge on any atom is -0.311 e. The number of aryl methyl sites for hydroxylation is 1. The molecule has 0 spiro atoms. The highest BCUT2D eigenvalue weighted by Gasteiger charge is 2.15. The van der Waals surface area contributed by atoms with Crippen LogP contribution in [0.3, 0.4) is 0 Å². The smallest absolute Gasteiger partial charge is 0.231 e. The first-order valence-corrected chi connectivity index (χ1v) is 11.9. The van der Waals surface area contributed by atoms with Gasteiger partial charge in [-0.05, 0) is 30.7 Å². The monoisotopic (exact) mass is 465 g/mol. The molecule has 6 nitrogen and oxygen atoms in total. The molecule has 1 amide bonds. The molecule has 0 bridgehead atoms. The maximum Gasteiger partial charge on any atom is 0.231 e. The Morgan fingerprint density at radius 2 is 1.85 bits per heavy atom. The molecular weight excluding hydrogens is 442 g/mol. The molecule has 2 aromatic carbocycles. The third-order valence-corrected chi connectivity index (χ3v) is 6.28. The van der Waals surface area contributed by atoms with Gasteiger partial charge in [-0.3, -0.25) is 9.78 Å². The summed E-state index contributed by atoms with van der Waals surface area (Å²) in [7, 11) is 0. The highest BCUT2D eigenvalue weighted by Crippen LogP contribution is 2.25. The van der Waals surface area contributed by atoms with E-state index in [2.05, 4.69) is 46.5 Å². The number of carbonyl (C=O) groups excluding carboxylic acids is 1. The van der Waals surface area contributed by atoms with Gasteiger partial charge in [0, 0.05) is 35.0 Å². The molecule has 3 heterocycles. The third-order valence-electron chi connectivity index (χ3n) is 5.34. The predicted molar refractivity (Wildman–Crippen MR) is 136 cm³/mol. The summed E-state index contributed by atoms with van der Waals surface area (Å²) in [5, 5.41) is 10.6. The molecule has 0 aliphatic heterocycles. The van der Waals surface area contributed by atoms with Gasteiger partial charge in [-0.1, -0.05) is 54.1 Å². The molecule has 5 rings (SSSR count). The second kappa shape index (κ2) is 9.80. The van der Waals surface area contributed by atoms with E-state index in [4.69, 9.17) is 5.10 Å². The number of amides is 1. The molecule has 0 radical (unpaired) electrons. The van der Waals surface area contributed by atoms with Crippen molar-refractivity contribution in [1.29, 1.82) is 0 Å². The van der Waals surface area contributed by atoms with Gasteiger partial charge in [0.05, 0.1) is 24.4 Å². The Bertz CT molecular complexity index is 1410. The van der Waals surface area contributed by atoms with Crippen LogP contribution in [0.4, 0.5) is 5.82 Å². The van der Waals surface area contributed by atoms with Crippen LogP contribution in [0.5, 0.6) is 0 Å². The molecule has 1 N–H and O–H groups in total. The number of hydrogen-bond acceptors (Lipinski definition) is 5. The number of aromatic nitrogens is 4. The quantitative estimate of drug-likeness (QED) is 0.339. The van der Waals surface area contributed by atoms with Gasteiger partial charge in [-0.2, -0.15) is 5.10 Å². The van der Waals surface area contributed by atoms with E-state index < -0.39 is 0 Å². The Kier molecular flexibility index (Phi) is 6.27. The lowest BCUT2D eigenvalue weighted by Crippen LogP contribution is -2.18. The maximum atomic E-state index is 12.9. The summed E-state index contributed by atoms with van der Waals surface area (Å²) < 4.78 is 1.84. The van der Waals surface area contributed by atoms with Crippen LogP contribution in [-0.4, -0.2) is 25.7 Å². The van der Waals surface area contributed by atoms with E-state index in [1.54, 1.807) is 12.4 Å². The lowest BCUT2D eigenvalue weighted by molar-refractivity contribution is -0.115. The largest absolute Gasteiger partial charge is 0.311 e. The number of nitrogens with zero attached hydrogens (tertiary/aromatic N) is 4. The van der Waals surface area contributed by atoms with Crippen molar-refractivity contribution in [2.24, 2.45) is 0 Å². The summed E-state index contributed by atoms with van der Waals surface area (Å²) in [6, 6.07) is 24.1. The fourth-order valence-electron chi connectivity index (χ4n) is 3.70. The van der Waals surface area contributed by atoms with Crippen LogP contribution < -0.4 is 5.32 Å². The Balaban J connectivity index is 1.37. The lowest BCUT2D eigenvalue weighted by atomic mass is 10.1. The van der Waals surface area contributed by atoms with Crippen molar-refractivity contribution in [3.63, 3.8) is 0 Å². The number of anilines is 1. The third kappa shape index (κ3) is 5.10. The van der Waals surface area contributed by atoms with Gasteiger partial charge in [0.2, 0.25) is 5.91 Å². The SMILES string of the molecule is Cc1cccc(-c2cc(NC(=O)Cc3csc(-c4cccnc4)n3)n(Cc3ccccc3)n2)c1. The number of nitrogens with one attached hydrogen (secondary N) is 1. The standard InChI is InChI=1S/C27H23N5OS/c1-19-7-5-10-21(13-19)24-15-25(32(31-24)17-20-8-3-2-4-9-20)30-26(33)14-23-18-34-27(29-23)22-11-6-12-28-16-22/h2-13,15-16,18H,14,17H2,1H3,(H,30,33). The minimum atomic E-state index is -0.131. The normalized spacial score (nSPS) is 10.9. The van der Waals surface area contributed by atoms with Crippen LogP contribution in [0.25, 0.3) is 21.8 Å². The number of carbonyl (C=O) groups is 1. The van der Waals surface area contributed by atoms with Gasteiger partial charge in [0.1, 0.15) is 10.8 Å². The fourth-order valence-corrected chi connectivity index (χ4v) is 4.51. The van der Waals surface area contributed by atoms with Crippen LogP contribution in [-0.2, 0) is 17.8 Å². The summed E-state index contributed by atoms with van der Waals surface area (Å²) in [5.74, 6) is 0.529. The molecule has 0 aliphatic carbocycles. The molecule has 0 aliphatic rings. The van der Waals surface area contributed by atoms with E-state index in [0.29, 0.717) is 12.4 Å². The Labute approximate surface area is 202 Å². The van der Waals surface area contributed by atoms with Crippen molar-refractivity contribution < 1.29 is 4.79 Å². The zero-order valence-electron chi connectivity index (χ0n) is 18.7. The first kappa shape index (κ1) is 21.7. The average Bonchev–Trinajstić information content (AvgIpc) is 3.48. The number of pyridine rings is 1. The van der Waals surface area contributed by atoms with E-state index in [9.17, 15) is 4.79 Å². The molecule has 0 unspecified atom stereocenters. The van der Waals surface area contributed by atoms with Crippen molar-refractivity contribution in [3.8, 4) is 21.8 Å². The highest BCUT2D eigenvalue weighted by atomic mass is 32.1. The zero-order chi connectivity index (χ0) is 23.3. The second-order valence-corrected chi connectivity index (χ2v) is 8.90. The van der Waals surface area contributed by atoms with Crippen molar-refractivity contribution in [2.75, 3.05) is 5.32 Å². The molecule has 0 saturated carbocycles. The average molecular weight is 466 g/mol. The predicted octanol–water partition coefficient (Wildman–Crippen LogP) is 5.61. The van der Waals surface area contributed by atoms with E-state index in [1.165, 1.54) is 11.3 Å². The topological polar surface area (TPSA) is 72.7 Å². The molecule has 0 saturated heterocycles. The molecule has 0 fully saturated rings. The summed E-state index contributed by atoms with van der Waals surface area (Å²) in [4.78, 5) is 21.7. The van der Waals surface area contributed by atoms with Crippen LogP contribution in [0.2, 0.25) is 0 Å².